The average Bonchev–Trinajstić information content (AvgIpc) is 2.57. The molecule has 2 aromatic carbocycles. The topological polar surface area (TPSA) is 62.7 Å². The summed E-state index contributed by atoms with van der Waals surface area (Å²) in [6.45, 7) is 4.09. The number of benzene rings is 2. The van der Waals surface area contributed by atoms with Crippen molar-refractivity contribution in [3.8, 4) is 0 Å². The summed E-state index contributed by atoms with van der Waals surface area (Å²) in [5.41, 5.74) is 7.39. The number of hydrogen-bond acceptors (Lipinski definition) is 4. The first kappa shape index (κ1) is 17.6. The Morgan fingerprint density at radius 3 is 2.50 bits per heavy atom. The summed E-state index contributed by atoms with van der Waals surface area (Å²) in [6, 6.07) is 13.0. The smallest absolute Gasteiger partial charge is 0.337 e. The molecular weight excluding hydrogens is 322 g/mol. The van der Waals surface area contributed by atoms with Gasteiger partial charge < -0.3 is 10.1 Å². The van der Waals surface area contributed by atoms with Gasteiger partial charge in [-0.25, -0.2) is 4.79 Å². The number of rotatable bonds is 4. The number of methoxy groups -OCH3 is 1. The molecule has 5 nitrogen and oxygen atoms in total. The van der Waals surface area contributed by atoms with Gasteiger partial charge in [-0.2, -0.15) is 5.10 Å². The molecule has 24 heavy (non-hydrogen) atoms. The van der Waals surface area contributed by atoms with Gasteiger partial charge in [0.05, 0.1) is 18.9 Å². The van der Waals surface area contributed by atoms with Crippen LogP contribution in [0.15, 0.2) is 47.6 Å². The third kappa shape index (κ3) is 4.89. The molecule has 0 aromatic heterocycles. The van der Waals surface area contributed by atoms with E-state index in [4.69, 9.17) is 12.2 Å². The van der Waals surface area contributed by atoms with Gasteiger partial charge in [0.2, 0.25) is 0 Å². The van der Waals surface area contributed by atoms with E-state index in [-0.39, 0.29) is 5.97 Å². The van der Waals surface area contributed by atoms with Crippen molar-refractivity contribution in [1.29, 1.82) is 0 Å². The van der Waals surface area contributed by atoms with E-state index < -0.39 is 0 Å². The molecule has 0 bridgehead atoms. The monoisotopic (exact) mass is 341 g/mol. The molecule has 0 unspecified atom stereocenters. The van der Waals surface area contributed by atoms with E-state index in [0.717, 1.165) is 16.8 Å². The quantitative estimate of drug-likeness (QED) is 0.386. The Morgan fingerprint density at radius 2 is 1.88 bits per heavy atom. The predicted molar refractivity (Wildman–Crippen MR) is 101 cm³/mol. The summed E-state index contributed by atoms with van der Waals surface area (Å²) in [5.74, 6) is -0.375. The SMILES string of the molecule is COC(=O)c1ccc(NC(=S)NN=Cc2ccc(C)cc2C)cc1. The van der Waals surface area contributed by atoms with Crippen molar-refractivity contribution in [3.63, 3.8) is 0 Å². The molecule has 0 saturated carbocycles. The van der Waals surface area contributed by atoms with E-state index in [9.17, 15) is 4.79 Å². The van der Waals surface area contributed by atoms with E-state index in [1.165, 1.54) is 12.7 Å². The number of ether oxygens (including phenoxy) is 1. The summed E-state index contributed by atoms with van der Waals surface area (Å²) < 4.78 is 4.65. The number of carbonyl (C=O) groups is 1. The summed E-state index contributed by atoms with van der Waals surface area (Å²) in [7, 11) is 1.35. The number of carbonyl (C=O) groups excluding carboxylic acids is 1. The minimum atomic E-state index is -0.375. The lowest BCUT2D eigenvalue weighted by atomic mass is 10.1. The number of hydrazone groups is 1. The molecule has 2 aromatic rings. The lowest BCUT2D eigenvalue weighted by Crippen LogP contribution is -2.23. The summed E-state index contributed by atoms with van der Waals surface area (Å²) in [4.78, 5) is 11.4. The minimum Gasteiger partial charge on any atom is -0.465 e. The van der Waals surface area contributed by atoms with Gasteiger partial charge >= 0.3 is 5.97 Å². The van der Waals surface area contributed by atoms with Crippen molar-refractivity contribution >= 4 is 35.2 Å². The van der Waals surface area contributed by atoms with Gasteiger partial charge in [-0.3, -0.25) is 5.43 Å². The number of nitrogens with zero attached hydrogens (tertiary/aromatic N) is 1. The molecule has 2 rings (SSSR count). The van der Waals surface area contributed by atoms with Crippen molar-refractivity contribution in [3.05, 3.63) is 64.7 Å². The van der Waals surface area contributed by atoms with Gasteiger partial charge in [-0.15, -0.1) is 0 Å². The Balaban J connectivity index is 1.91. The molecule has 0 amide bonds. The molecule has 2 N–H and O–H groups in total. The first-order valence-electron chi connectivity index (χ1n) is 7.35. The highest BCUT2D eigenvalue weighted by atomic mass is 32.1. The maximum absolute atomic E-state index is 11.4. The zero-order valence-corrected chi connectivity index (χ0v) is 14.6. The van der Waals surface area contributed by atoms with Crippen molar-refractivity contribution in [2.24, 2.45) is 5.10 Å². The van der Waals surface area contributed by atoms with Crippen molar-refractivity contribution in [2.45, 2.75) is 13.8 Å². The highest BCUT2D eigenvalue weighted by molar-refractivity contribution is 7.80. The average molecular weight is 341 g/mol. The number of nitrogens with one attached hydrogen (secondary N) is 2. The summed E-state index contributed by atoms with van der Waals surface area (Å²) in [6.07, 6.45) is 1.73. The second-order valence-corrected chi connectivity index (χ2v) is 5.66. The van der Waals surface area contributed by atoms with E-state index in [1.807, 2.05) is 19.1 Å². The number of esters is 1. The summed E-state index contributed by atoms with van der Waals surface area (Å²) >= 11 is 5.18. The van der Waals surface area contributed by atoms with Crippen LogP contribution in [0, 0.1) is 13.8 Å². The van der Waals surface area contributed by atoms with Gasteiger partial charge in [-0.05, 0) is 61.5 Å². The third-order valence-corrected chi connectivity index (χ3v) is 3.55. The normalized spacial score (nSPS) is 10.5. The van der Waals surface area contributed by atoms with Crippen LogP contribution in [0.4, 0.5) is 5.69 Å². The molecule has 0 aliphatic heterocycles. The molecular formula is C18H19N3O2S. The molecule has 0 radical (unpaired) electrons. The van der Waals surface area contributed by atoms with Crippen LogP contribution in [0.1, 0.15) is 27.0 Å². The van der Waals surface area contributed by atoms with Crippen LogP contribution in [-0.4, -0.2) is 24.4 Å². The lowest BCUT2D eigenvalue weighted by Gasteiger charge is -2.08. The maximum atomic E-state index is 11.4. The second-order valence-electron chi connectivity index (χ2n) is 5.25. The Morgan fingerprint density at radius 1 is 1.17 bits per heavy atom. The van der Waals surface area contributed by atoms with Crippen molar-refractivity contribution < 1.29 is 9.53 Å². The lowest BCUT2D eigenvalue weighted by molar-refractivity contribution is 0.0601. The molecule has 0 atom stereocenters. The molecule has 0 saturated heterocycles. The van der Waals surface area contributed by atoms with Crippen LogP contribution < -0.4 is 10.7 Å². The van der Waals surface area contributed by atoms with Gasteiger partial charge in [0.25, 0.3) is 0 Å². The molecule has 6 heteroatoms. The number of anilines is 1. The second kappa shape index (κ2) is 8.21. The molecule has 0 aliphatic carbocycles. The van der Waals surface area contributed by atoms with Crippen LogP contribution in [0.2, 0.25) is 0 Å². The van der Waals surface area contributed by atoms with Crippen LogP contribution in [0.3, 0.4) is 0 Å². The Kier molecular flexibility index (Phi) is 6.03. The Bertz CT molecular complexity index is 770. The van der Waals surface area contributed by atoms with E-state index in [0.29, 0.717) is 10.7 Å². The largest absolute Gasteiger partial charge is 0.465 e. The highest BCUT2D eigenvalue weighted by Gasteiger charge is 2.04. The van der Waals surface area contributed by atoms with Crippen LogP contribution >= 0.6 is 12.2 Å². The van der Waals surface area contributed by atoms with Crippen LogP contribution in [0.5, 0.6) is 0 Å². The number of aryl methyl sites for hydroxylation is 2. The Hall–Kier alpha value is -2.73. The van der Waals surface area contributed by atoms with Crippen molar-refractivity contribution in [1.82, 2.24) is 5.43 Å². The van der Waals surface area contributed by atoms with E-state index >= 15 is 0 Å². The zero-order valence-electron chi connectivity index (χ0n) is 13.8. The minimum absolute atomic E-state index is 0.363. The van der Waals surface area contributed by atoms with Gasteiger partial charge in [-0.1, -0.05) is 23.8 Å². The highest BCUT2D eigenvalue weighted by Crippen LogP contribution is 2.10. The van der Waals surface area contributed by atoms with Crippen LogP contribution in [-0.2, 0) is 4.74 Å². The fourth-order valence-corrected chi connectivity index (χ4v) is 2.27. The predicted octanol–water partition coefficient (Wildman–Crippen LogP) is 3.41. The Labute approximate surface area is 146 Å². The fourth-order valence-electron chi connectivity index (χ4n) is 2.10. The number of thiocarbonyl (C=S) groups is 1. The standard InChI is InChI=1S/C18H19N3O2S/c1-12-4-5-15(13(2)10-12)11-19-21-18(24)20-16-8-6-14(7-9-16)17(22)23-3/h4-11H,1-3H3,(H2,20,21,24). The summed E-state index contributed by atoms with van der Waals surface area (Å²) in [5, 5.41) is 7.49. The molecule has 0 aliphatic rings. The molecule has 0 spiro atoms. The van der Waals surface area contributed by atoms with Gasteiger partial charge in [0.15, 0.2) is 5.11 Å². The third-order valence-electron chi connectivity index (χ3n) is 3.36. The first-order valence-corrected chi connectivity index (χ1v) is 7.76. The first-order chi connectivity index (χ1) is 11.5. The van der Waals surface area contributed by atoms with Gasteiger partial charge in [0.1, 0.15) is 0 Å². The molecule has 124 valence electrons. The van der Waals surface area contributed by atoms with E-state index in [2.05, 4.69) is 33.6 Å². The molecule has 0 fully saturated rings. The fraction of sp³-hybridized carbons (Fsp3) is 0.167. The van der Waals surface area contributed by atoms with Crippen molar-refractivity contribution in [2.75, 3.05) is 12.4 Å². The van der Waals surface area contributed by atoms with Gasteiger partial charge in [0, 0.05) is 5.69 Å². The molecule has 0 heterocycles. The number of hydrogen-bond donors (Lipinski definition) is 2. The zero-order chi connectivity index (χ0) is 17.5. The maximum Gasteiger partial charge on any atom is 0.337 e. The van der Waals surface area contributed by atoms with Crippen LogP contribution in [0.25, 0.3) is 0 Å². The van der Waals surface area contributed by atoms with E-state index in [1.54, 1.807) is 30.5 Å².